The van der Waals surface area contributed by atoms with Gasteiger partial charge in [0, 0.05) is 0 Å². The van der Waals surface area contributed by atoms with E-state index < -0.39 is 49.0 Å². The molecule has 2 aliphatic heterocycles. The number of hydrogen-bond donors (Lipinski definition) is 0. The van der Waals surface area contributed by atoms with Crippen LogP contribution in [-0.2, 0) is 18.9 Å². The lowest BCUT2D eigenvalue weighted by Gasteiger charge is -2.27. The summed E-state index contributed by atoms with van der Waals surface area (Å²) in [5.74, 6) is -3.78. The van der Waals surface area contributed by atoms with E-state index in [1.165, 1.54) is 26.0 Å². The van der Waals surface area contributed by atoms with Crippen LogP contribution in [0.15, 0.2) is 30.3 Å². The van der Waals surface area contributed by atoms with Crippen molar-refractivity contribution in [1.29, 1.82) is 0 Å². The Morgan fingerprint density at radius 3 is 2.50 bits per heavy atom. The standard InChI is InChI=1S/C16H17F3O5/c1-15(2)23-12-11(16(17,18)19)10(22-14(12)24-15)8-21-13(20)9-6-4-3-5-7-9/h3-7,10-12,14H,8H2,1-2H3/t10-,11-,12-,14-/m1/s1. The van der Waals surface area contributed by atoms with E-state index in [0.29, 0.717) is 0 Å². The van der Waals surface area contributed by atoms with E-state index in [0.717, 1.165) is 0 Å². The zero-order chi connectivity index (χ0) is 17.5. The van der Waals surface area contributed by atoms with Crippen LogP contribution in [0.1, 0.15) is 24.2 Å². The van der Waals surface area contributed by atoms with Crippen LogP contribution in [0.3, 0.4) is 0 Å². The largest absolute Gasteiger partial charge is 0.459 e. The lowest BCUT2D eigenvalue weighted by Crippen LogP contribution is -2.42. The van der Waals surface area contributed by atoms with Crippen molar-refractivity contribution in [3.8, 4) is 0 Å². The molecule has 0 spiro atoms. The van der Waals surface area contributed by atoms with Gasteiger partial charge in [-0.1, -0.05) is 18.2 Å². The van der Waals surface area contributed by atoms with Gasteiger partial charge in [0.05, 0.1) is 5.56 Å². The second-order valence-corrected chi connectivity index (χ2v) is 6.17. The predicted octanol–water partition coefficient (Wildman–Crippen LogP) is 2.90. The molecule has 5 nitrogen and oxygen atoms in total. The van der Waals surface area contributed by atoms with Crippen LogP contribution in [0.5, 0.6) is 0 Å². The summed E-state index contributed by atoms with van der Waals surface area (Å²) in [7, 11) is 0. The topological polar surface area (TPSA) is 54.0 Å². The molecule has 2 heterocycles. The van der Waals surface area contributed by atoms with Gasteiger partial charge in [-0.05, 0) is 26.0 Å². The number of alkyl halides is 3. The zero-order valence-corrected chi connectivity index (χ0v) is 13.1. The number of esters is 1. The summed E-state index contributed by atoms with van der Waals surface area (Å²) in [6.07, 6.45) is -8.34. The molecule has 0 N–H and O–H groups in total. The molecule has 24 heavy (non-hydrogen) atoms. The van der Waals surface area contributed by atoms with Crippen LogP contribution in [0, 0.1) is 5.92 Å². The van der Waals surface area contributed by atoms with Crippen LogP contribution < -0.4 is 0 Å². The summed E-state index contributed by atoms with van der Waals surface area (Å²) in [5, 5.41) is 0. The summed E-state index contributed by atoms with van der Waals surface area (Å²) < 4.78 is 61.1. The first-order valence-corrected chi connectivity index (χ1v) is 7.47. The molecule has 2 saturated heterocycles. The summed E-state index contributed by atoms with van der Waals surface area (Å²) >= 11 is 0. The highest BCUT2D eigenvalue weighted by Gasteiger charge is 2.63. The lowest BCUT2D eigenvalue weighted by molar-refractivity contribution is -0.250. The van der Waals surface area contributed by atoms with E-state index in [9.17, 15) is 18.0 Å². The molecule has 4 atom stereocenters. The first kappa shape index (κ1) is 17.2. The monoisotopic (exact) mass is 346 g/mol. The van der Waals surface area contributed by atoms with Crippen molar-refractivity contribution in [2.75, 3.05) is 6.61 Å². The van der Waals surface area contributed by atoms with Crippen molar-refractivity contribution in [1.82, 2.24) is 0 Å². The molecule has 132 valence electrons. The number of carbonyl (C=O) groups excluding carboxylic acids is 1. The van der Waals surface area contributed by atoms with E-state index in [1.54, 1.807) is 18.2 Å². The average molecular weight is 346 g/mol. The number of fused-ring (bicyclic) bond motifs is 1. The Balaban J connectivity index is 1.68. The number of ether oxygens (including phenoxy) is 4. The fraction of sp³-hybridized carbons (Fsp3) is 0.562. The Bertz CT molecular complexity index is 601. The second-order valence-electron chi connectivity index (χ2n) is 6.17. The molecule has 2 fully saturated rings. The Morgan fingerprint density at radius 1 is 1.21 bits per heavy atom. The van der Waals surface area contributed by atoms with Crippen molar-refractivity contribution in [3.63, 3.8) is 0 Å². The fourth-order valence-corrected chi connectivity index (χ4v) is 2.93. The number of rotatable bonds is 3. The van der Waals surface area contributed by atoms with Gasteiger partial charge in [0.2, 0.25) is 0 Å². The molecule has 0 radical (unpaired) electrons. The van der Waals surface area contributed by atoms with Crippen LogP contribution in [0.25, 0.3) is 0 Å². The molecule has 0 amide bonds. The molecule has 0 saturated carbocycles. The van der Waals surface area contributed by atoms with Crippen molar-refractivity contribution < 1.29 is 36.9 Å². The zero-order valence-electron chi connectivity index (χ0n) is 13.1. The van der Waals surface area contributed by atoms with Gasteiger partial charge in [-0.25, -0.2) is 4.79 Å². The summed E-state index contributed by atoms with van der Waals surface area (Å²) in [4.78, 5) is 11.9. The van der Waals surface area contributed by atoms with Gasteiger partial charge in [-0.2, -0.15) is 13.2 Å². The normalized spacial score (nSPS) is 31.7. The Morgan fingerprint density at radius 2 is 1.88 bits per heavy atom. The first-order valence-electron chi connectivity index (χ1n) is 7.47. The molecule has 8 heteroatoms. The van der Waals surface area contributed by atoms with Crippen molar-refractivity contribution in [3.05, 3.63) is 35.9 Å². The van der Waals surface area contributed by atoms with Crippen LogP contribution in [-0.4, -0.2) is 43.0 Å². The molecule has 1 aromatic carbocycles. The SMILES string of the molecule is CC1(C)O[C@H]2O[C@H](COC(=O)c3ccccc3)[C@@H](C(F)(F)F)[C@H]2O1. The first-order chi connectivity index (χ1) is 11.2. The van der Waals surface area contributed by atoms with Crippen molar-refractivity contribution in [2.24, 2.45) is 5.92 Å². The van der Waals surface area contributed by atoms with Gasteiger partial charge in [-0.15, -0.1) is 0 Å². The Kier molecular flexibility index (Phi) is 4.31. The number of halogens is 3. The van der Waals surface area contributed by atoms with E-state index in [-0.39, 0.29) is 5.56 Å². The van der Waals surface area contributed by atoms with Crippen molar-refractivity contribution in [2.45, 2.75) is 44.3 Å². The summed E-state index contributed by atoms with van der Waals surface area (Å²) in [6, 6.07) is 8.02. The Labute approximate surface area is 136 Å². The van der Waals surface area contributed by atoms with Crippen LogP contribution >= 0.6 is 0 Å². The van der Waals surface area contributed by atoms with Crippen LogP contribution in [0.4, 0.5) is 13.2 Å². The molecule has 3 rings (SSSR count). The highest BCUT2D eigenvalue weighted by atomic mass is 19.4. The molecule has 0 aliphatic carbocycles. The van der Waals surface area contributed by atoms with E-state index in [4.69, 9.17) is 18.9 Å². The van der Waals surface area contributed by atoms with Gasteiger partial charge in [0.15, 0.2) is 12.1 Å². The quantitative estimate of drug-likeness (QED) is 0.788. The third kappa shape index (κ3) is 3.40. The molecule has 0 aromatic heterocycles. The molecule has 0 bridgehead atoms. The maximum atomic E-state index is 13.4. The third-order valence-corrected chi connectivity index (χ3v) is 3.92. The van der Waals surface area contributed by atoms with Gasteiger partial charge >= 0.3 is 12.1 Å². The molecule has 0 unspecified atom stereocenters. The van der Waals surface area contributed by atoms with Gasteiger partial charge in [0.1, 0.15) is 24.7 Å². The van der Waals surface area contributed by atoms with E-state index in [1.807, 2.05) is 0 Å². The fourth-order valence-electron chi connectivity index (χ4n) is 2.93. The smallest absolute Gasteiger partial charge is 0.397 e. The maximum Gasteiger partial charge on any atom is 0.397 e. The molecular formula is C16H17F3O5. The van der Waals surface area contributed by atoms with E-state index >= 15 is 0 Å². The van der Waals surface area contributed by atoms with Gasteiger partial charge in [0.25, 0.3) is 0 Å². The minimum atomic E-state index is -4.56. The molecular weight excluding hydrogens is 329 g/mol. The summed E-state index contributed by atoms with van der Waals surface area (Å²) in [6.45, 7) is 2.51. The minimum Gasteiger partial charge on any atom is -0.459 e. The van der Waals surface area contributed by atoms with Crippen LogP contribution in [0.2, 0.25) is 0 Å². The van der Waals surface area contributed by atoms with E-state index in [2.05, 4.69) is 0 Å². The third-order valence-electron chi connectivity index (χ3n) is 3.92. The number of carbonyl (C=O) groups is 1. The molecule has 1 aromatic rings. The predicted molar refractivity (Wildman–Crippen MR) is 75.0 cm³/mol. The highest BCUT2D eigenvalue weighted by molar-refractivity contribution is 5.89. The summed E-state index contributed by atoms with van der Waals surface area (Å²) in [5.41, 5.74) is 0.257. The average Bonchev–Trinajstić information content (AvgIpc) is 2.95. The van der Waals surface area contributed by atoms with Gasteiger partial charge < -0.3 is 18.9 Å². The van der Waals surface area contributed by atoms with Gasteiger partial charge in [-0.3, -0.25) is 0 Å². The maximum absolute atomic E-state index is 13.4. The van der Waals surface area contributed by atoms with Crippen molar-refractivity contribution >= 4 is 5.97 Å². The second kappa shape index (κ2) is 6.02. The lowest BCUT2D eigenvalue weighted by atomic mass is 9.98. The minimum absolute atomic E-state index is 0.257. The highest BCUT2D eigenvalue weighted by Crippen LogP contribution is 2.47. The number of hydrogen-bond acceptors (Lipinski definition) is 5. The molecule has 2 aliphatic rings. The Hall–Kier alpha value is -1.64. The number of benzene rings is 1.